The number of amides is 1. The first-order chi connectivity index (χ1) is 14.2. The molecule has 0 radical (unpaired) electrons. The van der Waals surface area contributed by atoms with E-state index < -0.39 is 0 Å². The minimum Gasteiger partial charge on any atom is -0.352 e. The average Bonchev–Trinajstić information content (AvgIpc) is 3.23. The Morgan fingerprint density at radius 3 is 2.52 bits per heavy atom. The van der Waals surface area contributed by atoms with Gasteiger partial charge in [0.1, 0.15) is 11.6 Å². The molecule has 1 N–H and O–H groups in total. The monoisotopic (exact) mass is 410 g/mol. The smallest absolute Gasteiger partial charge is 0.223 e. The third kappa shape index (κ3) is 5.17. The van der Waals surface area contributed by atoms with E-state index in [-0.39, 0.29) is 17.6 Å². The van der Waals surface area contributed by atoms with E-state index in [0.29, 0.717) is 13.0 Å². The molecule has 1 amide bonds. The normalized spacial score (nSPS) is 14.7. The van der Waals surface area contributed by atoms with Crippen molar-refractivity contribution in [1.29, 1.82) is 0 Å². The summed E-state index contributed by atoms with van der Waals surface area (Å²) in [5.74, 6) is 0.681. The van der Waals surface area contributed by atoms with Crippen LogP contribution in [0.5, 0.6) is 0 Å². The lowest BCUT2D eigenvalue weighted by molar-refractivity contribution is -0.125. The highest BCUT2D eigenvalue weighted by Crippen LogP contribution is 2.25. The molecule has 1 aliphatic heterocycles. The van der Waals surface area contributed by atoms with Crippen LogP contribution in [0.15, 0.2) is 54.6 Å². The summed E-state index contributed by atoms with van der Waals surface area (Å²) >= 11 is 1.39. The molecular formula is C22H23FN4OS. The second kappa shape index (κ2) is 9.13. The van der Waals surface area contributed by atoms with Crippen molar-refractivity contribution in [3.05, 3.63) is 77.4 Å². The minimum atomic E-state index is -0.239. The molecule has 3 aromatic rings. The average molecular weight is 411 g/mol. The Bertz CT molecular complexity index is 937. The summed E-state index contributed by atoms with van der Waals surface area (Å²) in [6.45, 7) is 2.17. The summed E-state index contributed by atoms with van der Waals surface area (Å²) in [5.41, 5.74) is 2.10. The van der Waals surface area contributed by atoms with E-state index in [9.17, 15) is 9.18 Å². The van der Waals surface area contributed by atoms with Crippen LogP contribution in [0.1, 0.15) is 29.8 Å². The number of carbonyl (C=O) groups excluding carboxylic acids is 1. The van der Waals surface area contributed by atoms with Crippen molar-refractivity contribution in [2.45, 2.75) is 25.8 Å². The first-order valence-electron chi connectivity index (χ1n) is 9.81. The van der Waals surface area contributed by atoms with Crippen LogP contribution in [0.2, 0.25) is 0 Å². The minimum absolute atomic E-state index is 0.0431. The van der Waals surface area contributed by atoms with Crippen molar-refractivity contribution in [1.82, 2.24) is 14.7 Å². The first kappa shape index (κ1) is 19.5. The topological polar surface area (TPSA) is 58.1 Å². The van der Waals surface area contributed by atoms with E-state index in [2.05, 4.69) is 19.6 Å². The van der Waals surface area contributed by atoms with E-state index in [0.717, 1.165) is 48.0 Å². The number of nitrogens with zero attached hydrogens (tertiary/aromatic N) is 3. The van der Waals surface area contributed by atoms with Crippen molar-refractivity contribution < 1.29 is 9.18 Å². The molecule has 29 heavy (non-hydrogen) atoms. The number of halogens is 1. The zero-order valence-corrected chi connectivity index (χ0v) is 16.9. The van der Waals surface area contributed by atoms with Crippen LogP contribution in [0, 0.1) is 11.7 Å². The number of nitrogens with one attached hydrogen (secondary N) is 1. The van der Waals surface area contributed by atoms with Gasteiger partial charge in [0, 0.05) is 43.5 Å². The quantitative estimate of drug-likeness (QED) is 0.672. The van der Waals surface area contributed by atoms with Gasteiger partial charge in [0.15, 0.2) is 0 Å². The number of benzene rings is 2. The zero-order valence-electron chi connectivity index (χ0n) is 16.1. The van der Waals surface area contributed by atoms with E-state index in [1.165, 1.54) is 23.7 Å². The number of hydrogen-bond donors (Lipinski definition) is 1. The SMILES string of the molecule is O=C(NCc1ccccc1)C1CCN(c2nc(Cc3ccc(F)cc3)ns2)CC1. The highest BCUT2D eigenvalue weighted by molar-refractivity contribution is 7.09. The summed E-state index contributed by atoms with van der Waals surface area (Å²) in [4.78, 5) is 19.3. The molecule has 0 unspecified atom stereocenters. The first-order valence-corrected chi connectivity index (χ1v) is 10.6. The van der Waals surface area contributed by atoms with Crippen LogP contribution in [0.3, 0.4) is 0 Å². The van der Waals surface area contributed by atoms with E-state index in [1.54, 1.807) is 12.1 Å². The van der Waals surface area contributed by atoms with Crippen LogP contribution in [0.25, 0.3) is 0 Å². The molecule has 1 saturated heterocycles. The van der Waals surface area contributed by atoms with Crippen LogP contribution >= 0.6 is 11.5 Å². The zero-order chi connectivity index (χ0) is 20.1. The van der Waals surface area contributed by atoms with Gasteiger partial charge in [-0.2, -0.15) is 4.37 Å². The molecule has 150 valence electrons. The third-order valence-corrected chi connectivity index (χ3v) is 5.99. The van der Waals surface area contributed by atoms with Gasteiger partial charge in [0.2, 0.25) is 11.0 Å². The fraction of sp³-hybridized carbons (Fsp3) is 0.318. The second-order valence-corrected chi connectivity index (χ2v) is 7.99. The molecule has 0 spiro atoms. The number of anilines is 1. The van der Waals surface area contributed by atoms with Gasteiger partial charge < -0.3 is 10.2 Å². The maximum absolute atomic E-state index is 13.0. The van der Waals surface area contributed by atoms with Crippen LogP contribution in [0.4, 0.5) is 9.52 Å². The van der Waals surface area contributed by atoms with Gasteiger partial charge in [0.05, 0.1) is 0 Å². The number of aromatic nitrogens is 2. The Kier molecular flexibility index (Phi) is 6.14. The van der Waals surface area contributed by atoms with Gasteiger partial charge in [-0.15, -0.1) is 0 Å². The van der Waals surface area contributed by atoms with Gasteiger partial charge in [-0.05, 0) is 36.1 Å². The number of carbonyl (C=O) groups is 1. The molecule has 1 aliphatic rings. The summed E-state index contributed by atoms with van der Waals surface area (Å²) in [6, 6.07) is 16.4. The van der Waals surface area contributed by atoms with Gasteiger partial charge in [-0.3, -0.25) is 4.79 Å². The summed E-state index contributed by atoms with van der Waals surface area (Å²) in [5, 5.41) is 3.94. The number of piperidine rings is 1. The number of hydrogen-bond acceptors (Lipinski definition) is 5. The molecule has 7 heteroatoms. The van der Waals surface area contributed by atoms with E-state index in [1.807, 2.05) is 30.3 Å². The summed E-state index contributed by atoms with van der Waals surface area (Å²) in [6.07, 6.45) is 2.22. The maximum Gasteiger partial charge on any atom is 0.223 e. The van der Waals surface area contributed by atoms with Crippen molar-refractivity contribution in [2.24, 2.45) is 5.92 Å². The van der Waals surface area contributed by atoms with Gasteiger partial charge >= 0.3 is 0 Å². The molecule has 0 aliphatic carbocycles. The molecule has 0 atom stereocenters. The largest absolute Gasteiger partial charge is 0.352 e. The molecule has 1 aromatic heterocycles. The molecule has 1 fully saturated rings. The fourth-order valence-electron chi connectivity index (χ4n) is 3.49. The lowest BCUT2D eigenvalue weighted by Gasteiger charge is -2.30. The molecule has 2 aromatic carbocycles. The van der Waals surface area contributed by atoms with Crippen LogP contribution in [-0.4, -0.2) is 28.4 Å². The van der Waals surface area contributed by atoms with Crippen molar-refractivity contribution >= 4 is 22.6 Å². The second-order valence-electron chi connectivity index (χ2n) is 7.26. The Hall–Kier alpha value is -2.80. The predicted molar refractivity (Wildman–Crippen MR) is 112 cm³/mol. The molecule has 2 heterocycles. The molecular weight excluding hydrogens is 387 g/mol. The fourth-order valence-corrected chi connectivity index (χ4v) is 4.23. The standard InChI is InChI=1S/C22H23FN4OS/c23-19-8-6-16(7-9-19)14-20-25-22(29-26-20)27-12-10-18(11-13-27)21(28)24-15-17-4-2-1-3-5-17/h1-9,18H,10-15H2,(H,24,28). The predicted octanol–water partition coefficient (Wildman–Crippen LogP) is 3.80. The van der Waals surface area contributed by atoms with Gasteiger partial charge in [-0.25, -0.2) is 9.37 Å². The molecule has 0 saturated carbocycles. The Balaban J connectivity index is 1.26. The summed E-state index contributed by atoms with van der Waals surface area (Å²) in [7, 11) is 0. The Labute approximate surface area is 173 Å². The van der Waals surface area contributed by atoms with E-state index in [4.69, 9.17) is 0 Å². The molecule has 0 bridgehead atoms. The lowest BCUT2D eigenvalue weighted by atomic mass is 9.96. The van der Waals surface area contributed by atoms with Crippen LogP contribution < -0.4 is 10.2 Å². The molecule has 5 nitrogen and oxygen atoms in total. The number of rotatable bonds is 6. The summed E-state index contributed by atoms with van der Waals surface area (Å²) < 4.78 is 17.5. The molecule has 4 rings (SSSR count). The van der Waals surface area contributed by atoms with Crippen molar-refractivity contribution in [3.8, 4) is 0 Å². The highest BCUT2D eigenvalue weighted by atomic mass is 32.1. The van der Waals surface area contributed by atoms with Gasteiger partial charge in [0.25, 0.3) is 0 Å². The maximum atomic E-state index is 13.0. The lowest BCUT2D eigenvalue weighted by Crippen LogP contribution is -2.40. The van der Waals surface area contributed by atoms with Crippen LogP contribution in [-0.2, 0) is 17.8 Å². The highest BCUT2D eigenvalue weighted by Gasteiger charge is 2.26. The van der Waals surface area contributed by atoms with Crippen molar-refractivity contribution in [2.75, 3.05) is 18.0 Å². The van der Waals surface area contributed by atoms with E-state index >= 15 is 0 Å². The Morgan fingerprint density at radius 1 is 1.07 bits per heavy atom. The Morgan fingerprint density at radius 2 is 1.79 bits per heavy atom. The van der Waals surface area contributed by atoms with Crippen molar-refractivity contribution in [3.63, 3.8) is 0 Å². The van der Waals surface area contributed by atoms with Gasteiger partial charge in [-0.1, -0.05) is 42.5 Å². The third-order valence-electron chi connectivity index (χ3n) is 5.18.